The number of anilines is 1. The smallest absolute Gasteiger partial charge is 0.185 e. The van der Waals surface area contributed by atoms with Crippen LogP contribution in [-0.2, 0) is 13.0 Å². The second-order valence-electron chi connectivity index (χ2n) is 5.19. The van der Waals surface area contributed by atoms with Gasteiger partial charge < -0.3 is 15.1 Å². The third-order valence-corrected chi connectivity index (χ3v) is 4.75. The molecule has 108 valence electrons. The van der Waals surface area contributed by atoms with Gasteiger partial charge in [-0.05, 0) is 26.4 Å². The normalized spacial score (nSPS) is 17.1. The van der Waals surface area contributed by atoms with Crippen LogP contribution in [0.15, 0.2) is 0 Å². The predicted molar refractivity (Wildman–Crippen MR) is 83.2 cm³/mol. The third-order valence-electron chi connectivity index (χ3n) is 3.59. The molecule has 1 aliphatic heterocycles. The van der Waals surface area contributed by atoms with Gasteiger partial charge in [0.15, 0.2) is 5.13 Å². The standard InChI is InChI=1S/C14H26N4S/c1-4-6-15-11-13-12(5-2)16-14(19-13)18-9-7-17(3)8-10-18/h15H,4-11H2,1-3H3. The molecule has 0 bridgehead atoms. The van der Waals surface area contributed by atoms with Gasteiger partial charge in [-0.25, -0.2) is 4.98 Å². The van der Waals surface area contributed by atoms with Crippen molar-refractivity contribution in [1.29, 1.82) is 0 Å². The third kappa shape index (κ3) is 3.91. The van der Waals surface area contributed by atoms with Crippen LogP contribution < -0.4 is 10.2 Å². The first-order chi connectivity index (χ1) is 9.24. The van der Waals surface area contributed by atoms with Gasteiger partial charge >= 0.3 is 0 Å². The van der Waals surface area contributed by atoms with E-state index in [2.05, 4.69) is 36.0 Å². The van der Waals surface area contributed by atoms with Crippen molar-refractivity contribution in [3.63, 3.8) is 0 Å². The molecule has 0 aromatic carbocycles. The van der Waals surface area contributed by atoms with Crippen LogP contribution in [0.25, 0.3) is 0 Å². The molecule has 2 rings (SSSR count). The van der Waals surface area contributed by atoms with Gasteiger partial charge in [0, 0.05) is 37.6 Å². The number of piperazine rings is 1. The first kappa shape index (κ1) is 14.8. The Morgan fingerprint density at radius 2 is 1.95 bits per heavy atom. The average molecular weight is 282 g/mol. The second kappa shape index (κ2) is 7.22. The topological polar surface area (TPSA) is 31.4 Å². The van der Waals surface area contributed by atoms with E-state index >= 15 is 0 Å². The van der Waals surface area contributed by atoms with Crippen molar-refractivity contribution in [2.45, 2.75) is 33.2 Å². The van der Waals surface area contributed by atoms with E-state index in [4.69, 9.17) is 4.98 Å². The minimum absolute atomic E-state index is 0.975. The summed E-state index contributed by atoms with van der Waals surface area (Å²) in [7, 11) is 2.19. The lowest BCUT2D eigenvalue weighted by atomic mass is 10.3. The van der Waals surface area contributed by atoms with E-state index in [9.17, 15) is 0 Å². The summed E-state index contributed by atoms with van der Waals surface area (Å²) in [5.74, 6) is 0. The zero-order chi connectivity index (χ0) is 13.7. The van der Waals surface area contributed by atoms with Gasteiger partial charge in [-0.3, -0.25) is 0 Å². The Morgan fingerprint density at radius 1 is 1.21 bits per heavy atom. The highest BCUT2D eigenvalue weighted by Gasteiger charge is 2.19. The van der Waals surface area contributed by atoms with Crippen LogP contribution in [-0.4, -0.2) is 49.7 Å². The highest BCUT2D eigenvalue weighted by atomic mass is 32.1. The van der Waals surface area contributed by atoms with E-state index in [-0.39, 0.29) is 0 Å². The van der Waals surface area contributed by atoms with Gasteiger partial charge in [-0.1, -0.05) is 13.8 Å². The summed E-state index contributed by atoms with van der Waals surface area (Å²) in [4.78, 5) is 11.1. The van der Waals surface area contributed by atoms with Gasteiger partial charge in [0.25, 0.3) is 0 Å². The maximum atomic E-state index is 4.84. The molecule has 2 heterocycles. The summed E-state index contributed by atoms with van der Waals surface area (Å²) in [5.41, 5.74) is 1.28. The number of aromatic nitrogens is 1. The summed E-state index contributed by atoms with van der Waals surface area (Å²) < 4.78 is 0. The molecular weight excluding hydrogens is 256 g/mol. The molecule has 19 heavy (non-hydrogen) atoms. The van der Waals surface area contributed by atoms with Crippen molar-refractivity contribution in [3.05, 3.63) is 10.6 Å². The SMILES string of the molecule is CCCNCc1sc(N2CCN(C)CC2)nc1CC. The Balaban J connectivity index is 2.01. The Kier molecular flexibility index (Phi) is 5.60. The van der Waals surface area contributed by atoms with Gasteiger partial charge in [-0.2, -0.15) is 0 Å². The predicted octanol–water partition coefficient (Wildman–Crippen LogP) is 1.96. The van der Waals surface area contributed by atoms with Crippen LogP contribution in [0.4, 0.5) is 5.13 Å². The zero-order valence-corrected chi connectivity index (χ0v) is 13.2. The van der Waals surface area contributed by atoms with Gasteiger partial charge in [0.05, 0.1) is 5.69 Å². The van der Waals surface area contributed by atoms with Crippen molar-refractivity contribution in [3.8, 4) is 0 Å². The Hall–Kier alpha value is -0.650. The number of thiazole rings is 1. The molecule has 1 aromatic rings. The van der Waals surface area contributed by atoms with Gasteiger partial charge in [-0.15, -0.1) is 11.3 Å². The van der Waals surface area contributed by atoms with E-state index in [0.29, 0.717) is 0 Å². The first-order valence-electron chi connectivity index (χ1n) is 7.37. The van der Waals surface area contributed by atoms with Crippen LogP contribution in [0.5, 0.6) is 0 Å². The molecule has 0 saturated carbocycles. The summed E-state index contributed by atoms with van der Waals surface area (Å²) in [6.45, 7) is 11.0. The van der Waals surface area contributed by atoms with Crippen molar-refractivity contribution in [2.75, 3.05) is 44.7 Å². The lowest BCUT2D eigenvalue weighted by molar-refractivity contribution is 0.312. The monoisotopic (exact) mass is 282 g/mol. The summed E-state index contributed by atoms with van der Waals surface area (Å²) in [6, 6.07) is 0. The molecular formula is C14H26N4S. The van der Waals surface area contributed by atoms with Crippen LogP contribution in [0, 0.1) is 0 Å². The van der Waals surface area contributed by atoms with Gasteiger partial charge in [0.1, 0.15) is 0 Å². The Labute approximate surface area is 120 Å². The molecule has 0 spiro atoms. The lowest BCUT2D eigenvalue weighted by Crippen LogP contribution is -2.44. The molecule has 0 aliphatic carbocycles. The van der Waals surface area contributed by atoms with E-state index in [0.717, 1.165) is 45.7 Å². The maximum Gasteiger partial charge on any atom is 0.185 e. The summed E-state index contributed by atoms with van der Waals surface area (Å²) in [5, 5.41) is 4.71. The zero-order valence-electron chi connectivity index (χ0n) is 12.4. The van der Waals surface area contributed by atoms with E-state index in [1.165, 1.54) is 22.1 Å². The van der Waals surface area contributed by atoms with Crippen LogP contribution in [0.1, 0.15) is 30.8 Å². The minimum Gasteiger partial charge on any atom is -0.346 e. The maximum absolute atomic E-state index is 4.84. The minimum atomic E-state index is 0.975. The van der Waals surface area contributed by atoms with Crippen molar-refractivity contribution >= 4 is 16.5 Å². The number of hydrogen-bond acceptors (Lipinski definition) is 5. The number of nitrogens with one attached hydrogen (secondary N) is 1. The lowest BCUT2D eigenvalue weighted by Gasteiger charge is -2.32. The second-order valence-corrected chi connectivity index (χ2v) is 6.25. The molecule has 1 N–H and O–H groups in total. The fourth-order valence-corrected chi connectivity index (χ4v) is 3.47. The highest BCUT2D eigenvalue weighted by Crippen LogP contribution is 2.27. The molecule has 4 nitrogen and oxygen atoms in total. The van der Waals surface area contributed by atoms with E-state index in [1.807, 2.05) is 11.3 Å². The van der Waals surface area contributed by atoms with Crippen LogP contribution in [0.2, 0.25) is 0 Å². The molecule has 1 fully saturated rings. The molecule has 1 aliphatic rings. The Bertz CT molecular complexity index is 383. The van der Waals surface area contributed by atoms with Crippen molar-refractivity contribution in [1.82, 2.24) is 15.2 Å². The summed E-state index contributed by atoms with van der Waals surface area (Å²) in [6.07, 6.45) is 2.22. The van der Waals surface area contributed by atoms with E-state index < -0.39 is 0 Å². The average Bonchev–Trinajstić information content (AvgIpc) is 2.83. The van der Waals surface area contributed by atoms with Crippen molar-refractivity contribution in [2.24, 2.45) is 0 Å². The van der Waals surface area contributed by atoms with E-state index in [1.54, 1.807) is 0 Å². The fraction of sp³-hybridized carbons (Fsp3) is 0.786. The largest absolute Gasteiger partial charge is 0.346 e. The molecule has 0 unspecified atom stereocenters. The summed E-state index contributed by atoms with van der Waals surface area (Å²) >= 11 is 1.88. The fourth-order valence-electron chi connectivity index (χ4n) is 2.30. The number of likely N-dealkylation sites (N-methyl/N-ethyl adjacent to an activating group) is 1. The van der Waals surface area contributed by atoms with Crippen LogP contribution in [0.3, 0.4) is 0 Å². The highest BCUT2D eigenvalue weighted by molar-refractivity contribution is 7.15. The number of aryl methyl sites for hydroxylation is 1. The number of nitrogens with zero attached hydrogens (tertiary/aromatic N) is 3. The molecule has 0 amide bonds. The number of rotatable bonds is 6. The quantitative estimate of drug-likeness (QED) is 0.808. The molecule has 0 radical (unpaired) electrons. The van der Waals surface area contributed by atoms with Gasteiger partial charge in [0.2, 0.25) is 0 Å². The molecule has 0 atom stereocenters. The molecule has 1 aromatic heterocycles. The molecule has 1 saturated heterocycles. The number of hydrogen-bond donors (Lipinski definition) is 1. The van der Waals surface area contributed by atoms with Crippen LogP contribution >= 0.6 is 11.3 Å². The Morgan fingerprint density at radius 3 is 2.58 bits per heavy atom. The van der Waals surface area contributed by atoms with Crippen molar-refractivity contribution < 1.29 is 0 Å². The first-order valence-corrected chi connectivity index (χ1v) is 8.19. The molecule has 5 heteroatoms.